The van der Waals surface area contributed by atoms with Crippen molar-refractivity contribution in [3.8, 4) is 0 Å². The second-order valence-corrected chi connectivity index (χ2v) is 9.26. The Morgan fingerprint density at radius 1 is 0.974 bits per heavy atom. The van der Waals surface area contributed by atoms with Crippen molar-refractivity contribution < 1.29 is 28.4 Å². The van der Waals surface area contributed by atoms with E-state index in [2.05, 4.69) is 4.90 Å². The molecule has 3 aromatic rings. The fraction of sp³-hybridized carbons (Fsp3) is 0.276. The topological polar surface area (TPSA) is 110 Å². The molecule has 0 unspecified atom stereocenters. The summed E-state index contributed by atoms with van der Waals surface area (Å²) in [5, 5.41) is 11.0. The van der Waals surface area contributed by atoms with Crippen molar-refractivity contribution in [3.63, 3.8) is 0 Å². The Balaban J connectivity index is 1.49. The molecule has 1 fully saturated rings. The Hall–Kier alpha value is -4.44. The highest BCUT2D eigenvalue weighted by atomic mass is 19.1. The highest BCUT2D eigenvalue weighted by Crippen LogP contribution is 2.26. The van der Waals surface area contributed by atoms with Gasteiger partial charge in [-0.25, -0.2) is 9.18 Å². The number of para-hydroxylation sites is 1. The molecule has 0 N–H and O–H groups in total. The number of Topliss-reactive ketones (excluding diaryl/α,β-unsaturated/α-hetero) is 1. The molecule has 1 aliphatic rings. The van der Waals surface area contributed by atoms with Gasteiger partial charge in [-0.2, -0.15) is 0 Å². The molecule has 202 valence electrons. The number of halogens is 1. The van der Waals surface area contributed by atoms with Crippen LogP contribution >= 0.6 is 0 Å². The molecule has 0 atom stereocenters. The smallest absolute Gasteiger partial charge is 0.339 e. The van der Waals surface area contributed by atoms with Gasteiger partial charge in [0.15, 0.2) is 5.78 Å². The molecular weight excluding hydrogens is 505 g/mol. The first-order valence-electron chi connectivity index (χ1n) is 12.5. The second kappa shape index (κ2) is 12.4. The van der Waals surface area contributed by atoms with Crippen molar-refractivity contribution in [2.75, 3.05) is 38.2 Å². The van der Waals surface area contributed by atoms with Gasteiger partial charge < -0.3 is 14.5 Å². The van der Waals surface area contributed by atoms with Gasteiger partial charge in [-0.3, -0.25) is 19.7 Å². The van der Waals surface area contributed by atoms with Crippen molar-refractivity contribution in [3.05, 3.63) is 105 Å². The van der Waals surface area contributed by atoms with Crippen LogP contribution < -0.4 is 4.90 Å². The first-order valence-corrected chi connectivity index (χ1v) is 12.5. The highest BCUT2D eigenvalue weighted by Gasteiger charge is 2.28. The summed E-state index contributed by atoms with van der Waals surface area (Å²) in [7, 11) is 1.26. The van der Waals surface area contributed by atoms with E-state index in [1.165, 1.54) is 60.5 Å². The van der Waals surface area contributed by atoms with E-state index in [1.807, 2.05) is 0 Å². The van der Waals surface area contributed by atoms with Gasteiger partial charge in [-0.05, 0) is 74.5 Å². The maximum absolute atomic E-state index is 13.6. The maximum atomic E-state index is 13.6. The number of carbonyl (C=O) groups excluding carboxylic acids is 3. The summed E-state index contributed by atoms with van der Waals surface area (Å²) in [6.07, 6.45) is 1.26. The summed E-state index contributed by atoms with van der Waals surface area (Å²) < 4.78 is 18.1. The normalized spacial score (nSPS) is 14.0. The summed E-state index contributed by atoms with van der Waals surface area (Å²) in [4.78, 5) is 53.0. The Morgan fingerprint density at radius 2 is 1.59 bits per heavy atom. The summed E-state index contributed by atoms with van der Waals surface area (Å²) >= 11 is 0. The number of carbonyl (C=O) groups is 3. The molecule has 0 bridgehead atoms. The number of nitro groups is 1. The molecule has 0 aliphatic carbocycles. The number of rotatable bonds is 9. The first kappa shape index (κ1) is 27.6. The fourth-order valence-corrected chi connectivity index (χ4v) is 4.71. The van der Waals surface area contributed by atoms with Gasteiger partial charge in [-0.1, -0.05) is 12.1 Å². The lowest BCUT2D eigenvalue weighted by atomic mass is 9.89. The molecule has 4 rings (SSSR count). The number of hydrogen-bond donors (Lipinski definition) is 0. The van der Waals surface area contributed by atoms with E-state index in [0.29, 0.717) is 43.7 Å². The minimum Gasteiger partial charge on any atom is -0.465 e. The lowest BCUT2D eigenvalue weighted by molar-refractivity contribution is -0.384. The SMILES string of the molecule is COC(=O)c1ccccc1N(CCN1CCC(C(=O)c2ccc(F)cc2)CC1)C(=O)c1ccc([N+](=O)[O-])cc1. The van der Waals surface area contributed by atoms with Gasteiger partial charge in [0.25, 0.3) is 11.6 Å². The molecule has 10 heteroatoms. The van der Waals surface area contributed by atoms with Crippen molar-refractivity contribution in [1.29, 1.82) is 0 Å². The van der Waals surface area contributed by atoms with Crippen LogP contribution in [-0.4, -0.2) is 60.8 Å². The molecule has 0 saturated carbocycles. The van der Waals surface area contributed by atoms with E-state index in [0.717, 1.165) is 0 Å². The molecule has 1 saturated heterocycles. The number of likely N-dealkylation sites (tertiary alicyclic amines) is 1. The Kier molecular flexibility index (Phi) is 8.77. The van der Waals surface area contributed by atoms with Crippen LogP contribution in [-0.2, 0) is 4.74 Å². The third-order valence-corrected chi connectivity index (χ3v) is 6.90. The third kappa shape index (κ3) is 6.53. The number of hydrogen-bond acceptors (Lipinski definition) is 7. The molecule has 3 aromatic carbocycles. The van der Waals surface area contributed by atoms with E-state index in [1.54, 1.807) is 24.3 Å². The maximum Gasteiger partial charge on any atom is 0.339 e. The number of anilines is 1. The summed E-state index contributed by atoms with van der Waals surface area (Å²) in [5.74, 6) is -1.56. The lowest BCUT2D eigenvalue weighted by Crippen LogP contribution is -2.43. The number of ketones is 1. The van der Waals surface area contributed by atoms with E-state index in [-0.39, 0.29) is 40.9 Å². The van der Waals surface area contributed by atoms with Crippen molar-refractivity contribution >= 4 is 29.0 Å². The van der Waals surface area contributed by atoms with Crippen LogP contribution in [0.4, 0.5) is 15.8 Å². The average Bonchev–Trinajstić information content (AvgIpc) is 2.97. The largest absolute Gasteiger partial charge is 0.465 e. The molecule has 0 radical (unpaired) electrons. The molecule has 0 spiro atoms. The van der Waals surface area contributed by atoms with Crippen LogP contribution in [0.2, 0.25) is 0 Å². The summed E-state index contributed by atoms with van der Waals surface area (Å²) in [6.45, 7) is 1.98. The average molecular weight is 534 g/mol. The van der Waals surface area contributed by atoms with Crippen molar-refractivity contribution in [1.82, 2.24) is 4.90 Å². The van der Waals surface area contributed by atoms with Crippen LogP contribution in [0.1, 0.15) is 43.9 Å². The zero-order valence-electron chi connectivity index (χ0n) is 21.4. The van der Waals surface area contributed by atoms with Crippen LogP contribution in [0.25, 0.3) is 0 Å². The molecule has 9 nitrogen and oxygen atoms in total. The van der Waals surface area contributed by atoms with Gasteiger partial charge in [0.05, 0.1) is 23.3 Å². The minimum atomic E-state index is -0.591. The second-order valence-electron chi connectivity index (χ2n) is 9.26. The number of nitrogens with zero attached hydrogens (tertiary/aromatic N) is 3. The van der Waals surface area contributed by atoms with Gasteiger partial charge in [0.2, 0.25) is 0 Å². The first-order chi connectivity index (χ1) is 18.8. The van der Waals surface area contributed by atoms with Crippen LogP contribution in [0, 0.1) is 21.8 Å². The molecule has 1 amide bonds. The van der Waals surface area contributed by atoms with E-state index in [4.69, 9.17) is 4.74 Å². The zero-order valence-corrected chi connectivity index (χ0v) is 21.4. The molecule has 1 heterocycles. The quantitative estimate of drug-likeness (QED) is 0.169. The number of ether oxygens (including phenoxy) is 1. The molecular formula is C29H28FN3O6. The fourth-order valence-electron chi connectivity index (χ4n) is 4.71. The van der Waals surface area contributed by atoms with E-state index < -0.39 is 16.8 Å². The summed E-state index contributed by atoms with van der Waals surface area (Å²) in [5.41, 5.74) is 1.19. The zero-order chi connectivity index (χ0) is 27.9. The summed E-state index contributed by atoms with van der Waals surface area (Å²) in [6, 6.07) is 17.5. The highest BCUT2D eigenvalue weighted by molar-refractivity contribution is 6.09. The van der Waals surface area contributed by atoms with Gasteiger partial charge in [-0.15, -0.1) is 0 Å². The van der Waals surface area contributed by atoms with E-state index >= 15 is 0 Å². The number of non-ortho nitro benzene ring substituents is 1. The Labute approximate surface area is 224 Å². The number of esters is 1. The molecule has 1 aliphatic heterocycles. The molecule has 0 aromatic heterocycles. The minimum absolute atomic E-state index is 0.00312. The molecule has 39 heavy (non-hydrogen) atoms. The predicted octanol–water partition coefficient (Wildman–Crippen LogP) is 4.76. The van der Waals surface area contributed by atoms with Gasteiger partial charge in [0, 0.05) is 42.3 Å². The Bertz CT molecular complexity index is 1350. The van der Waals surface area contributed by atoms with Crippen LogP contribution in [0.3, 0.4) is 0 Å². The standard InChI is InChI=1S/C29H28FN3O6/c1-39-29(36)25-4-2-3-5-26(25)32(28(35)22-8-12-24(13-9-22)33(37)38)19-18-31-16-14-21(15-17-31)27(34)20-6-10-23(30)11-7-20/h2-13,21H,14-19H2,1H3. The number of piperidine rings is 1. The number of benzene rings is 3. The predicted molar refractivity (Wildman–Crippen MR) is 142 cm³/mol. The van der Waals surface area contributed by atoms with Crippen LogP contribution in [0.15, 0.2) is 72.8 Å². The van der Waals surface area contributed by atoms with Crippen molar-refractivity contribution in [2.45, 2.75) is 12.8 Å². The van der Waals surface area contributed by atoms with Crippen molar-refractivity contribution in [2.24, 2.45) is 5.92 Å². The lowest BCUT2D eigenvalue weighted by Gasteiger charge is -2.33. The number of nitro benzene ring substituents is 1. The monoisotopic (exact) mass is 533 g/mol. The van der Waals surface area contributed by atoms with Gasteiger partial charge >= 0.3 is 5.97 Å². The number of methoxy groups -OCH3 is 1. The number of amides is 1. The van der Waals surface area contributed by atoms with Gasteiger partial charge in [0.1, 0.15) is 5.82 Å². The third-order valence-electron chi connectivity index (χ3n) is 6.90. The van der Waals surface area contributed by atoms with Crippen LogP contribution in [0.5, 0.6) is 0 Å². The Morgan fingerprint density at radius 3 is 2.21 bits per heavy atom. The van der Waals surface area contributed by atoms with E-state index in [9.17, 15) is 28.9 Å².